The van der Waals surface area contributed by atoms with Crippen LogP contribution in [-0.2, 0) is 0 Å². The number of aromatic nitrogens is 3. The first kappa shape index (κ1) is 39.6. The molecule has 13 heteroatoms. The number of anilines is 1. The summed E-state index contributed by atoms with van der Waals surface area (Å²) in [5.74, 6) is 1.25. The maximum atomic E-state index is 13.4. The average Bonchev–Trinajstić information content (AvgIpc) is 3.20. The molecule has 0 atom stereocenters. The first-order valence-electron chi connectivity index (χ1n) is 19.4. The zero-order chi connectivity index (χ0) is 40.3. The molecular weight excluding hydrogens is 742 g/mol. The predicted octanol–water partition coefficient (Wildman–Crippen LogP) is 6.58. The number of carbonyl (C=O) groups excluding carboxylic acids is 1. The Balaban J connectivity index is 0.819. The Morgan fingerprint density at radius 2 is 1.65 bits per heavy atom. The highest BCUT2D eigenvalue weighted by Crippen LogP contribution is 2.55. The highest BCUT2D eigenvalue weighted by molar-refractivity contribution is 6.31. The number of carbonyl (C=O) groups is 1. The number of nitrogens with one attached hydrogen (secondary N) is 2. The summed E-state index contributed by atoms with van der Waals surface area (Å²) in [5.41, 5.74) is 1.87. The molecule has 1 aliphatic carbocycles. The summed E-state index contributed by atoms with van der Waals surface area (Å²) < 4.78 is 13.8. The van der Waals surface area contributed by atoms with Gasteiger partial charge in [0.25, 0.3) is 11.5 Å². The van der Waals surface area contributed by atoms with Gasteiger partial charge in [-0.15, -0.1) is 0 Å². The highest BCUT2D eigenvalue weighted by Gasteiger charge is 2.64. The second-order valence-electron chi connectivity index (χ2n) is 16.1. The van der Waals surface area contributed by atoms with Crippen LogP contribution in [0.1, 0.15) is 62.9 Å². The molecule has 2 fully saturated rings. The fourth-order valence-electron chi connectivity index (χ4n) is 8.61. The summed E-state index contributed by atoms with van der Waals surface area (Å²) in [6.45, 7) is 13.9. The lowest BCUT2D eigenvalue weighted by atomic mass is 9.49. The van der Waals surface area contributed by atoms with Crippen LogP contribution in [0.2, 0.25) is 5.02 Å². The molecule has 3 heterocycles. The molecule has 0 radical (unpaired) electrons. The lowest BCUT2D eigenvalue weighted by molar-refractivity contribution is -0.164. The Morgan fingerprint density at radius 3 is 2.35 bits per heavy atom. The van der Waals surface area contributed by atoms with Crippen LogP contribution >= 0.6 is 11.6 Å². The number of nitriles is 1. The van der Waals surface area contributed by atoms with Gasteiger partial charge in [0, 0.05) is 78.0 Å². The van der Waals surface area contributed by atoms with Gasteiger partial charge in [0.15, 0.2) is 0 Å². The summed E-state index contributed by atoms with van der Waals surface area (Å²) in [6, 6.07) is 23.9. The van der Waals surface area contributed by atoms with Crippen LogP contribution in [0.3, 0.4) is 0 Å². The first-order chi connectivity index (χ1) is 27.3. The van der Waals surface area contributed by atoms with Crippen molar-refractivity contribution in [3.8, 4) is 23.3 Å². The molecule has 1 saturated carbocycles. The maximum Gasteiger partial charge on any atom is 0.332 e. The van der Waals surface area contributed by atoms with Crippen molar-refractivity contribution in [1.29, 1.82) is 5.26 Å². The van der Waals surface area contributed by atoms with E-state index in [1.165, 1.54) is 16.8 Å². The zero-order valence-corrected chi connectivity index (χ0v) is 33.5. The maximum absolute atomic E-state index is 13.4. The largest absolute Gasteiger partial charge is 0.494 e. The molecule has 0 unspecified atom stereocenters. The molecule has 1 aliphatic heterocycles. The van der Waals surface area contributed by atoms with Crippen molar-refractivity contribution in [2.24, 2.45) is 10.8 Å². The van der Waals surface area contributed by atoms with Crippen molar-refractivity contribution in [2.45, 2.75) is 59.1 Å². The summed E-state index contributed by atoms with van der Waals surface area (Å²) in [6.07, 6.45) is 5.98. The van der Waals surface area contributed by atoms with E-state index >= 15 is 0 Å². The van der Waals surface area contributed by atoms with E-state index in [2.05, 4.69) is 58.8 Å². The fraction of sp³-hybridized carbons (Fsp3) is 0.386. The molecule has 3 aromatic carbocycles. The number of hydrogen-bond donors (Lipinski definition) is 2. The summed E-state index contributed by atoms with van der Waals surface area (Å²) in [5, 5.41) is 13.7. The van der Waals surface area contributed by atoms with Gasteiger partial charge >= 0.3 is 5.69 Å². The molecule has 12 nitrogen and oxygen atoms in total. The number of aromatic amines is 1. The van der Waals surface area contributed by atoms with Crippen molar-refractivity contribution in [3.63, 3.8) is 0 Å². The molecule has 2 N–H and O–H groups in total. The Bertz CT molecular complexity index is 2400. The monoisotopic (exact) mass is 789 g/mol. The van der Waals surface area contributed by atoms with Gasteiger partial charge in [-0.3, -0.25) is 29.0 Å². The van der Waals surface area contributed by atoms with E-state index < -0.39 is 11.2 Å². The molecule has 57 heavy (non-hydrogen) atoms. The number of halogens is 1. The van der Waals surface area contributed by atoms with Crippen LogP contribution in [0.15, 0.2) is 94.8 Å². The molecule has 1 saturated heterocycles. The SMILES string of the molecule is CC1(C)[C@H](NC(=O)c2ccc(N3CCN(CCCCCOc4ccc5ncc(-n6ccc(=O)[nH]c6=O)cc5c4)CC3)cc2)C(C)(C)[C@H]1Oc1ccc(C#N)c(Cl)c1. The molecule has 0 spiro atoms. The minimum absolute atomic E-state index is 0.103. The normalized spacial score (nSPS) is 18.7. The Kier molecular flexibility index (Phi) is 11.4. The summed E-state index contributed by atoms with van der Waals surface area (Å²) in [4.78, 5) is 48.7. The average molecular weight is 790 g/mol. The van der Waals surface area contributed by atoms with E-state index in [1.54, 1.807) is 24.4 Å². The second-order valence-corrected chi connectivity index (χ2v) is 16.5. The highest BCUT2D eigenvalue weighted by atomic mass is 35.5. The van der Waals surface area contributed by atoms with Crippen LogP contribution < -0.4 is 30.9 Å². The number of ether oxygens (including phenoxy) is 2. The zero-order valence-electron chi connectivity index (χ0n) is 32.8. The number of rotatable bonds is 13. The second kappa shape index (κ2) is 16.5. The van der Waals surface area contributed by atoms with Crippen LogP contribution in [0.25, 0.3) is 16.6 Å². The minimum Gasteiger partial charge on any atom is -0.494 e. The predicted molar refractivity (Wildman–Crippen MR) is 222 cm³/mol. The smallest absolute Gasteiger partial charge is 0.332 e. The fourth-order valence-corrected chi connectivity index (χ4v) is 8.82. The van der Waals surface area contributed by atoms with Gasteiger partial charge in [0.05, 0.1) is 34.6 Å². The van der Waals surface area contributed by atoms with Gasteiger partial charge in [0.1, 0.15) is 23.7 Å². The van der Waals surface area contributed by atoms with Crippen LogP contribution in [-0.4, -0.2) is 76.8 Å². The number of piperazine rings is 1. The van der Waals surface area contributed by atoms with Crippen molar-refractivity contribution in [1.82, 2.24) is 24.8 Å². The molecule has 2 aliphatic rings. The van der Waals surface area contributed by atoms with Crippen LogP contribution in [0, 0.1) is 22.2 Å². The van der Waals surface area contributed by atoms with Crippen molar-refractivity contribution in [3.05, 3.63) is 122 Å². The Morgan fingerprint density at radius 1 is 0.912 bits per heavy atom. The molecule has 2 aromatic heterocycles. The molecule has 7 rings (SSSR count). The third-order valence-corrected chi connectivity index (χ3v) is 11.7. The molecule has 5 aromatic rings. The van der Waals surface area contributed by atoms with Gasteiger partial charge in [-0.1, -0.05) is 39.3 Å². The third-order valence-electron chi connectivity index (χ3n) is 11.4. The molecule has 1 amide bonds. The number of unbranched alkanes of at least 4 members (excludes halogenated alkanes) is 2. The third kappa shape index (κ3) is 8.55. The van der Waals surface area contributed by atoms with Crippen molar-refractivity contribution >= 4 is 34.1 Å². The van der Waals surface area contributed by atoms with E-state index in [-0.39, 0.29) is 28.9 Å². The number of benzene rings is 3. The Hall–Kier alpha value is -5.64. The number of pyridine rings is 1. The summed E-state index contributed by atoms with van der Waals surface area (Å²) >= 11 is 6.25. The molecular formula is C44H48ClN7O5. The standard InChI is InChI=1S/C44H48ClN7O5/c1-43(2)40(44(3,4)41(43)57-35-13-10-30(27-46)36(45)26-35)49-39(54)29-8-11-32(12-9-29)51-21-19-50(20-22-51)17-6-5-7-23-56-34-14-15-37-31(25-34)24-33(28-47-37)52-18-16-38(53)48-42(52)55/h8-16,18,24-26,28,40-41H,5-7,17,19-23H2,1-4H3,(H,49,54)(H,48,53,55)/t40-,41-. The van der Waals surface area contributed by atoms with Gasteiger partial charge < -0.3 is 19.7 Å². The topological polar surface area (TPSA) is 146 Å². The lowest BCUT2D eigenvalue weighted by Crippen LogP contribution is -2.74. The number of nitrogens with zero attached hydrogens (tertiary/aromatic N) is 5. The van der Waals surface area contributed by atoms with Crippen molar-refractivity contribution < 1.29 is 14.3 Å². The lowest BCUT2D eigenvalue weighted by Gasteiger charge is -2.63. The van der Waals surface area contributed by atoms with E-state index in [1.807, 2.05) is 48.5 Å². The van der Waals surface area contributed by atoms with Gasteiger partial charge in [-0.05, 0) is 86.5 Å². The van der Waals surface area contributed by atoms with Gasteiger partial charge in [-0.2, -0.15) is 5.26 Å². The van der Waals surface area contributed by atoms with E-state index in [9.17, 15) is 19.6 Å². The van der Waals surface area contributed by atoms with E-state index in [0.717, 1.165) is 74.3 Å². The van der Waals surface area contributed by atoms with E-state index in [0.29, 0.717) is 34.2 Å². The van der Waals surface area contributed by atoms with Gasteiger partial charge in [-0.25, -0.2) is 4.79 Å². The van der Waals surface area contributed by atoms with Gasteiger partial charge in [0.2, 0.25) is 0 Å². The number of hydrogen-bond acceptors (Lipinski definition) is 9. The number of H-pyrrole nitrogens is 1. The summed E-state index contributed by atoms with van der Waals surface area (Å²) in [7, 11) is 0. The van der Waals surface area contributed by atoms with Crippen LogP contribution in [0.5, 0.6) is 11.5 Å². The molecule has 296 valence electrons. The van der Waals surface area contributed by atoms with Crippen LogP contribution in [0.4, 0.5) is 5.69 Å². The number of amides is 1. The van der Waals surface area contributed by atoms with E-state index in [4.69, 9.17) is 21.1 Å². The Labute approximate surface area is 337 Å². The van der Waals surface area contributed by atoms with Crippen molar-refractivity contribution in [2.75, 3.05) is 44.2 Å². The number of fused-ring (bicyclic) bond motifs is 1. The molecule has 0 bridgehead atoms. The quantitative estimate of drug-likeness (QED) is 0.126. The first-order valence-corrected chi connectivity index (χ1v) is 19.8. The minimum atomic E-state index is -0.513.